The highest BCUT2D eigenvalue weighted by atomic mass is 35.5. The van der Waals surface area contributed by atoms with Gasteiger partial charge in [-0.25, -0.2) is 10.8 Å². The van der Waals surface area contributed by atoms with Crippen LogP contribution in [-0.4, -0.2) is 39.4 Å². The van der Waals surface area contributed by atoms with E-state index in [1.54, 1.807) is 0 Å². The minimum atomic E-state index is -4.78. The third kappa shape index (κ3) is 7.30. The van der Waals surface area contributed by atoms with Gasteiger partial charge in [-0.2, -0.15) is 13.2 Å². The number of alkyl halides is 3. The number of hydrogen-bond acceptors (Lipinski definition) is 7. The summed E-state index contributed by atoms with van der Waals surface area (Å²) in [5.41, 5.74) is 5.57. The van der Waals surface area contributed by atoms with E-state index in [9.17, 15) is 27.9 Å². The second-order valence-corrected chi connectivity index (χ2v) is 10.8. The Morgan fingerprint density at radius 3 is 2.67 bits per heavy atom. The van der Waals surface area contributed by atoms with Crippen molar-refractivity contribution in [2.75, 3.05) is 11.6 Å². The number of aliphatic hydroxyl groups excluding tert-OH is 1. The van der Waals surface area contributed by atoms with Crippen LogP contribution < -0.4 is 27.5 Å². The first-order chi connectivity index (χ1) is 19.9. The number of aromatic nitrogens is 2. The van der Waals surface area contributed by atoms with Gasteiger partial charge in [0, 0.05) is 28.8 Å². The Kier molecular flexibility index (Phi) is 9.60. The molecule has 6 N–H and O–H groups in total. The first-order valence-electron chi connectivity index (χ1n) is 13.3. The van der Waals surface area contributed by atoms with Crippen LogP contribution in [0.15, 0.2) is 71.5 Å². The minimum Gasteiger partial charge on any atom is -0.394 e. The molecule has 3 unspecified atom stereocenters. The number of nitrogens with two attached hydrogens (primary N) is 2. The average Bonchev–Trinajstić information content (AvgIpc) is 2.94. The lowest BCUT2D eigenvalue weighted by molar-refractivity contribution is -0.125. The lowest BCUT2D eigenvalue weighted by Crippen LogP contribution is -2.42. The first kappa shape index (κ1) is 31.1. The maximum atomic E-state index is 13.5. The smallest absolute Gasteiger partial charge is 0.394 e. The van der Waals surface area contributed by atoms with Gasteiger partial charge in [-0.1, -0.05) is 49.2 Å². The molecule has 0 radical (unpaired) electrons. The van der Waals surface area contributed by atoms with E-state index in [1.165, 1.54) is 35.2 Å². The fraction of sp³-hybridized carbons (Fsp3) is 0.345. The number of carbonyl (C=O) groups is 1. The number of rotatable bonds is 5. The molecule has 0 aliphatic carbocycles. The predicted octanol–water partition coefficient (Wildman–Crippen LogP) is 4.04. The summed E-state index contributed by atoms with van der Waals surface area (Å²) >= 11 is 6.18. The van der Waals surface area contributed by atoms with E-state index in [0.717, 1.165) is 11.1 Å². The largest absolute Gasteiger partial charge is 0.432 e. The number of fused-ring (bicyclic) bond motifs is 2. The summed E-state index contributed by atoms with van der Waals surface area (Å²) in [6, 6.07) is 12.4. The lowest BCUT2D eigenvalue weighted by Gasteiger charge is -2.25. The number of hydrazine groups is 1. The number of anilines is 1. The molecule has 0 fully saturated rings. The van der Waals surface area contributed by atoms with Crippen LogP contribution in [0.4, 0.5) is 18.9 Å². The zero-order valence-corrected chi connectivity index (χ0v) is 23.6. The average molecular weight is 605 g/mol. The number of aliphatic hydroxyl groups is 1. The molecule has 9 nitrogen and oxygen atoms in total. The monoisotopic (exact) mass is 604 g/mol. The van der Waals surface area contributed by atoms with Crippen LogP contribution in [0.25, 0.3) is 11.3 Å². The highest BCUT2D eigenvalue weighted by Crippen LogP contribution is 2.33. The number of nitrogens with zero attached hydrogens (tertiary/aromatic N) is 3. The zero-order chi connectivity index (χ0) is 30.6. The second kappa shape index (κ2) is 13.0. The molecule has 42 heavy (non-hydrogen) atoms. The normalized spacial score (nSPS) is 20.3. The van der Waals surface area contributed by atoms with Crippen molar-refractivity contribution in [1.29, 1.82) is 0 Å². The molecule has 1 aromatic heterocycles. The third-order valence-corrected chi connectivity index (χ3v) is 7.47. The fourth-order valence-electron chi connectivity index (χ4n) is 4.95. The van der Waals surface area contributed by atoms with Gasteiger partial charge >= 0.3 is 6.18 Å². The van der Waals surface area contributed by atoms with Crippen LogP contribution >= 0.6 is 11.6 Å². The van der Waals surface area contributed by atoms with E-state index in [-0.39, 0.29) is 40.4 Å². The van der Waals surface area contributed by atoms with Crippen LogP contribution in [0.5, 0.6) is 0 Å². The van der Waals surface area contributed by atoms with Crippen molar-refractivity contribution in [2.24, 2.45) is 17.5 Å². The number of benzene rings is 2. The molecule has 0 saturated carbocycles. The number of allylic oxidation sites excluding steroid dienone is 1. The van der Waals surface area contributed by atoms with Gasteiger partial charge in [0.25, 0.3) is 5.56 Å². The molecular formula is C29H32ClF3N6O3. The van der Waals surface area contributed by atoms with Crippen molar-refractivity contribution in [3.63, 3.8) is 0 Å². The van der Waals surface area contributed by atoms with Gasteiger partial charge in [-0.05, 0) is 48.6 Å². The Hall–Kier alpha value is -3.87. The van der Waals surface area contributed by atoms with Gasteiger partial charge in [-0.3, -0.25) is 19.2 Å². The molecule has 1 aliphatic heterocycles. The van der Waals surface area contributed by atoms with Crippen molar-refractivity contribution >= 4 is 23.2 Å². The molecule has 2 bridgehead atoms. The van der Waals surface area contributed by atoms with Crippen LogP contribution in [0.2, 0.25) is 5.02 Å². The van der Waals surface area contributed by atoms with Crippen LogP contribution in [0.1, 0.15) is 43.4 Å². The van der Waals surface area contributed by atoms with Gasteiger partial charge < -0.3 is 16.2 Å². The molecule has 224 valence electrons. The molecule has 1 aliphatic rings. The van der Waals surface area contributed by atoms with Crippen LogP contribution in [0, 0.1) is 5.92 Å². The van der Waals surface area contributed by atoms with Gasteiger partial charge in [0.2, 0.25) is 5.91 Å². The number of nitrogens with one attached hydrogen (secondary N) is 1. The van der Waals surface area contributed by atoms with E-state index in [2.05, 4.69) is 10.3 Å². The SMILES string of the molecule is CC1CCCC(n2cnc(-c3cc(Cl)ccc3N(N)/C=C(\N)C(F)(F)F)cc2=O)c2cccc(c2)CC(CO)NC1=O. The summed E-state index contributed by atoms with van der Waals surface area (Å²) in [6.07, 6.45) is -0.682. The minimum absolute atomic E-state index is 0.0978. The quantitative estimate of drug-likeness (QED) is 0.255. The molecule has 3 aromatic rings. The standard InChI is InChI=1S/C29H32ClF3N6O3/c1-17-4-2-7-24(19-6-3-5-18(10-19)11-21(15-40)37-28(17)42)38-16-36-23(13-27(38)41)22-12-20(30)8-9-25(22)39(35)14-26(34)29(31,32)33/h3,5-6,8-10,12-14,16-17,21,24,40H,2,4,7,11,15,34-35H2,1H3,(H,37,42)/b26-14-. The topological polar surface area (TPSA) is 140 Å². The second-order valence-electron chi connectivity index (χ2n) is 10.4. The Balaban J connectivity index is 1.74. The van der Waals surface area contributed by atoms with Gasteiger partial charge in [-0.15, -0.1) is 0 Å². The van der Waals surface area contributed by atoms with Gasteiger partial charge in [0.1, 0.15) is 5.70 Å². The number of halogens is 4. The summed E-state index contributed by atoms with van der Waals surface area (Å²) in [5.74, 6) is 5.49. The van der Waals surface area contributed by atoms with E-state index in [0.29, 0.717) is 36.9 Å². The van der Waals surface area contributed by atoms with Crippen molar-refractivity contribution in [3.8, 4) is 11.3 Å². The predicted molar refractivity (Wildman–Crippen MR) is 154 cm³/mol. The highest BCUT2D eigenvalue weighted by molar-refractivity contribution is 6.31. The number of carbonyl (C=O) groups excluding carboxylic acids is 1. The van der Waals surface area contributed by atoms with E-state index >= 15 is 0 Å². The van der Waals surface area contributed by atoms with E-state index in [4.69, 9.17) is 23.2 Å². The molecular weight excluding hydrogens is 573 g/mol. The van der Waals surface area contributed by atoms with E-state index in [1.807, 2.05) is 31.2 Å². The first-order valence-corrected chi connectivity index (χ1v) is 13.7. The Morgan fingerprint density at radius 1 is 1.21 bits per heavy atom. The molecule has 2 heterocycles. The van der Waals surface area contributed by atoms with E-state index < -0.39 is 29.5 Å². The summed E-state index contributed by atoms with van der Waals surface area (Å²) < 4.78 is 40.5. The van der Waals surface area contributed by atoms with Crippen molar-refractivity contribution in [3.05, 3.63) is 93.3 Å². The van der Waals surface area contributed by atoms with Crippen molar-refractivity contribution in [2.45, 2.75) is 50.9 Å². The molecule has 4 rings (SSSR count). The highest BCUT2D eigenvalue weighted by Gasteiger charge is 2.32. The van der Waals surface area contributed by atoms with Gasteiger partial charge in [0.15, 0.2) is 0 Å². The Labute approximate surface area is 245 Å². The van der Waals surface area contributed by atoms with Crippen LogP contribution in [-0.2, 0) is 11.2 Å². The summed E-state index contributed by atoms with van der Waals surface area (Å²) in [6.45, 7) is 1.62. The molecule has 1 amide bonds. The molecule has 3 atom stereocenters. The lowest BCUT2D eigenvalue weighted by atomic mass is 9.93. The van der Waals surface area contributed by atoms with Crippen molar-refractivity contribution < 1.29 is 23.1 Å². The maximum absolute atomic E-state index is 13.5. The Bertz CT molecular complexity index is 1530. The number of amides is 1. The molecule has 13 heteroatoms. The summed E-state index contributed by atoms with van der Waals surface area (Å²) in [4.78, 5) is 30.6. The third-order valence-electron chi connectivity index (χ3n) is 7.24. The zero-order valence-electron chi connectivity index (χ0n) is 22.8. The molecule has 2 aromatic carbocycles. The summed E-state index contributed by atoms with van der Waals surface area (Å²) in [7, 11) is 0. The Morgan fingerprint density at radius 2 is 1.98 bits per heavy atom. The molecule has 0 saturated heterocycles. The molecule has 0 spiro atoms. The number of hydrogen-bond donors (Lipinski definition) is 4. The van der Waals surface area contributed by atoms with Crippen molar-refractivity contribution in [1.82, 2.24) is 14.9 Å². The fourth-order valence-corrected chi connectivity index (χ4v) is 5.13. The summed E-state index contributed by atoms with van der Waals surface area (Å²) in [5, 5.41) is 13.7. The maximum Gasteiger partial charge on any atom is 0.432 e. The van der Waals surface area contributed by atoms with Crippen LogP contribution in [0.3, 0.4) is 0 Å². The van der Waals surface area contributed by atoms with Gasteiger partial charge in [0.05, 0.1) is 36.4 Å².